The van der Waals surface area contributed by atoms with Gasteiger partial charge in [-0.15, -0.1) is 0 Å². The largest absolute Gasteiger partial charge is 0.369 e. The zero-order chi connectivity index (χ0) is 13.4. The Kier molecular flexibility index (Phi) is 3.88. The van der Waals surface area contributed by atoms with Crippen molar-refractivity contribution in [3.05, 3.63) is 10.2 Å². The van der Waals surface area contributed by atoms with Crippen molar-refractivity contribution in [2.75, 3.05) is 11.9 Å². The van der Waals surface area contributed by atoms with Gasteiger partial charge in [-0.3, -0.25) is 0 Å². The van der Waals surface area contributed by atoms with E-state index >= 15 is 0 Å². The normalized spacial score (nSPS) is 25.9. The lowest BCUT2D eigenvalue weighted by atomic mass is 9.83. The second-order valence-corrected chi connectivity index (χ2v) is 7.27. The Balaban J connectivity index is 1.85. The van der Waals surface area contributed by atoms with Gasteiger partial charge in [-0.05, 0) is 53.4 Å². The van der Waals surface area contributed by atoms with Gasteiger partial charge in [0.15, 0.2) is 0 Å². The first kappa shape index (κ1) is 13.5. The lowest BCUT2D eigenvalue weighted by Gasteiger charge is -2.37. The molecule has 1 aromatic heterocycles. The minimum absolute atomic E-state index is 0.633. The maximum Gasteiger partial charge on any atom is 0.139 e. The second kappa shape index (κ2) is 5.47. The van der Waals surface area contributed by atoms with E-state index in [9.17, 15) is 0 Å². The molecule has 1 saturated carbocycles. The Bertz CT molecular complexity index is 452. The van der Waals surface area contributed by atoms with Gasteiger partial charge >= 0.3 is 0 Å². The van der Waals surface area contributed by atoms with Crippen LogP contribution in [-0.2, 0) is 6.42 Å². The molecule has 0 aromatic carbocycles. The molecule has 2 heterocycles. The zero-order valence-electron chi connectivity index (χ0n) is 12.0. The minimum atomic E-state index is 0.633. The summed E-state index contributed by atoms with van der Waals surface area (Å²) in [5.41, 5.74) is 1.24. The third-order valence-electron chi connectivity index (χ3n) is 4.59. The lowest BCUT2D eigenvalue weighted by molar-refractivity contribution is 0.221. The smallest absolute Gasteiger partial charge is 0.139 e. The fourth-order valence-electron chi connectivity index (χ4n) is 3.42. The first-order valence-electron chi connectivity index (χ1n) is 7.67. The number of nitrogens with zero attached hydrogens (tertiary/aromatic N) is 2. The molecule has 0 amide bonds. The second-order valence-electron chi connectivity index (χ2n) is 6.48. The highest BCUT2D eigenvalue weighted by Gasteiger charge is 2.34. The molecule has 2 aliphatic rings. The minimum Gasteiger partial charge on any atom is -0.369 e. The number of nitrogens with one attached hydrogen (secondary N) is 1. The molecule has 4 heteroatoms. The molecule has 0 radical (unpaired) electrons. The fraction of sp³-hybridized carbons (Fsp3) is 0.800. The summed E-state index contributed by atoms with van der Waals surface area (Å²) < 4.78 is 3.49. The van der Waals surface area contributed by atoms with Crippen LogP contribution in [0.5, 0.6) is 0 Å². The number of aromatic nitrogens is 2. The van der Waals surface area contributed by atoms with Crippen LogP contribution in [-0.4, -0.2) is 16.3 Å². The van der Waals surface area contributed by atoms with Crippen molar-refractivity contribution in [1.29, 1.82) is 0 Å². The number of fused-ring (bicyclic) bond motifs is 3. The molecule has 2 atom stereocenters. The monoisotopic (exact) mass is 325 g/mol. The van der Waals surface area contributed by atoms with Crippen molar-refractivity contribution in [3.8, 4) is 0 Å². The van der Waals surface area contributed by atoms with Gasteiger partial charge < -0.3 is 5.32 Å². The van der Waals surface area contributed by atoms with Crippen LogP contribution < -0.4 is 5.32 Å². The SMILES string of the molecule is CC(C)CCc1nn2c(c1Br)NCC1CCCCC12. The van der Waals surface area contributed by atoms with Crippen LogP contribution in [0.25, 0.3) is 0 Å². The summed E-state index contributed by atoms with van der Waals surface area (Å²) in [6.07, 6.45) is 7.70. The Morgan fingerprint density at radius 2 is 2.16 bits per heavy atom. The number of rotatable bonds is 3. The van der Waals surface area contributed by atoms with E-state index in [0.29, 0.717) is 6.04 Å². The summed E-state index contributed by atoms with van der Waals surface area (Å²) in [6.45, 7) is 5.68. The molecule has 106 valence electrons. The van der Waals surface area contributed by atoms with Gasteiger partial charge in [0, 0.05) is 6.54 Å². The number of anilines is 1. The summed E-state index contributed by atoms with van der Waals surface area (Å²) >= 11 is 3.76. The molecule has 1 fully saturated rings. The predicted molar refractivity (Wildman–Crippen MR) is 82.6 cm³/mol. The number of halogens is 1. The lowest BCUT2D eigenvalue weighted by Crippen LogP contribution is -2.35. The Hall–Kier alpha value is -0.510. The molecule has 0 bridgehead atoms. The van der Waals surface area contributed by atoms with E-state index in [0.717, 1.165) is 24.8 Å². The first-order chi connectivity index (χ1) is 9.16. The van der Waals surface area contributed by atoms with Gasteiger partial charge in [0.05, 0.1) is 16.2 Å². The molecule has 1 N–H and O–H groups in total. The molecule has 1 aliphatic carbocycles. The molecule has 3 nitrogen and oxygen atoms in total. The molecule has 19 heavy (non-hydrogen) atoms. The van der Waals surface area contributed by atoms with Gasteiger partial charge in [0.25, 0.3) is 0 Å². The van der Waals surface area contributed by atoms with Gasteiger partial charge in [-0.1, -0.05) is 26.7 Å². The van der Waals surface area contributed by atoms with E-state index in [-0.39, 0.29) is 0 Å². The van der Waals surface area contributed by atoms with Crippen molar-refractivity contribution >= 4 is 21.7 Å². The van der Waals surface area contributed by atoms with Crippen LogP contribution in [0.4, 0.5) is 5.82 Å². The molecular weight excluding hydrogens is 302 g/mol. The fourth-order valence-corrected chi connectivity index (χ4v) is 4.02. The number of aryl methyl sites for hydroxylation is 1. The standard InChI is InChI=1S/C15H24BrN3/c1-10(2)7-8-12-14(16)15-17-9-11-5-3-4-6-13(11)19(15)18-12/h10-11,13,17H,3-9H2,1-2H3. The molecule has 3 rings (SSSR count). The summed E-state index contributed by atoms with van der Waals surface area (Å²) in [7, 11) is 0. The topological polar surface area (TPSA) is 29.9 Å². The Morgan fingerprint density at radius 3 is 2.95 bits per heavy atom. The molecule has 2 unspecified atom stereocenters. The molecule has 0 spiro atoms. The molecule has 1 aliphatic heterocycles. The summed E-state index contributed by atoms with van der Waals surface area (Å²) in [4.78, 5) is 0. The van der Waals surface area contributed by atoms with E-state index in [1.165, 1.54) is 48.1 Å². The third-order valence-corrected chi connectivity index (χ3v) is 5.43. The Morgan fingerprint density at radius 1 is 1.37 bits per heavy atom. The Labute approximate surface area is 124 Å². The van der Waals surface area contributed by atoms with E-state index in [1.54, 1.807) is 0 Å². The zero-order valence-corrected chi connectivity index (χ0v) is 13.5. The van der Waals surface area contributed by atoms with E-state index in [4.69, 9.17) is 5.10 Å². The number of hydrogen-bond acceptors (Lipinski definition) is 2. The average Bonchev–Trinajstić information content (AvgIpc) is 2.74. The van der Waals surface area contributed by atoms with Crippen molar-refractivity contribution in [2.24, 2.45) is 11.8 Å². The van der Waals surface area contributed by atoms with E-state index < -0.39 is 0 Å². The number of hydrogen-bond donors (Lipinski definition) is 1. The van der Waals surface area contributed by atoms with Gasteiger partial charge in [-0.2, -0.15) is 5.10 Å². The summed E-state index contributed by atoms with van der Waals surface area (Å²) in [5, 5.41) is 8.51. The quantitative estimate of drug-likeness (QED) is 0.893. The van der Waals surface area contributed by atoms with Crippen LogP contribution in [0.1, 0.15) is 57.7 Å². The van der Waals surface area contributed by atoms with Crippen LogP contribution in [0, 0.1) is 11.8 Å². The molecular formula is C15H24BrN3. The highest BCUT2D eigenvalue weighted by atomic mass is 79.9. The van der Waals surface area contributed by atoms with Crippen LogP contribution in [0.15, 0.2) is 4.47 Å². The van der Waals surface area contributed by atoms with Gasteiger partial charge in [-0.25, -0.2) is 4.68 Å². The maximum atomic E-state index is 4.91. The van der Waals surface area contributed by atoms with Crippen molar-refractivity contribution in [1.82, 2.24) is 9.78 Å². The highest BCUT2D eigenvalue weighted by molar-refractivity contribution is 9.10. The van der Waals surface area contributed by atoms with E-state index in [1.807, 2.05) is 0 Å². The summed E-state index contributed by atoms with van der Waals surface area (Å²) in [5.74, 6) is 2.74. The molecule has 0 saturated heterocycles. The first-order valence-corrected chi connectivity index (χ1v) is 8.47. The van der Waals surface area contributed by atoms with Crippen molar-refractivity contribution in [3.63, 3.8) is 0 Å². The van der Waals surface area contributed by atoms with Crippen LogP contribution >= 0.6 is 15.9 Å². The van der Waals surface area contributed by atoms with Gasteiger partial charge in [0.2, 0.25) is 0 Å². The van der Waals surface area contributed by atoms with E-state index in [2.05, 4.69) is 39.8 Å². The maximum absolute atomic E-state index is 4.91. The molecule has 1 aromatic rings. The van der Waals surface area contributed by atoms with Gasteiger partial charge in [0.1, 0.15) is 5.82 Å². The highest BCUT2D eigenvalue weighted by Crippen LogP contribution is 2.42. The predicted octanol–water partition coefficient (Wildman–Crippen LogP) is 4.39. The van der Waals surface area contributed by atoms with Crippen molar-refractivity contribution in [2.45, 2.75) is 58.4 Å². The van der Waals surface area contributed by atoms with Crippen molar-refractivity contribution < 1.29 is 0 Å². The van der Waals surface area contributed by atoms with Crippen LogP contribution in [0.3, 0.4) is 0 Å². The third kappa shape index (κ3) is 2.56. The summed E-state index contributed by atoms with van der Waals surface area (Å²) in [6, 6.07) is 0.633. The average molecular weight is 326 g/mol. The van der Waals surface area contributed by atoms with Crippen LogP contribution in [0.2, 0.25) is 0 Å².